The Labute approximate surface area is 124 Å². The number of rotatable bonds is 3. The molecule has 3 aromatic rings. The second-order valence-electron chi connectivity index (χ2n) is 5.61. The van der Waals surface area contributed by atoms with Crippen LogP contribution < -0.4 is 0 Å². The number of pyridine rings is 1. The van der Waals surface area contributed by atoms with Crippen molar-refractivity contribution < 1.29 is 5.11 Å². The zero-order valence-electron chi connectivity index (χ0n) is 12.5. The van der Waals surface area contributed by atoms with Crippen molar-refractivity contribution in [1.29, 1.82) is 0 Å². The molecule has 0 saturated carbocycles. The quantitative estimate of drug-likeness (QED) is 0.799. The predicted octanol–water partition coefficient (Wildman–Crippen LogP) is 3.48. The van der Waals surface area contributed by atoms with Crippen molar-refractivity contribution in [1.82, 2.24) is 14.5 Å². The molecule has 4 nitrogen and oxygen atoms in total. The number of hydrogen-bond acceptors (Lipinski definition) is 3. The van der Waals surface area contributed by atoms with E-state index >= 15 is 0 Å². The second kappa shape index (κ2) is 5.30. The highest BCUT2D eigenvalue weighted by molar-refractivity contribution is 5.85. The molecule has 0 fully saturated rings. The van der Waals surface area contributed by atoms with Gasteiger partial charge >= 0.3 is 0 Å². The third-order valence-corrected chi connectivity index (χ3v) is 3.75. The van der Waals surface area contributed by atoms with Crippen LogP contribution >= 0.6 is 0 Å². The molecule has 0 aliphatic rings. The van der Waals surface area contributed by atoms with E-state index in [1.165, 1.54) is 5.56 Å². The molecule has 0 spiro atoms. The van der Waals surface area contributed by atoms with Crippen molar-refractivity contribution in [3.63, 3.8) is 0 Å². The van der Waals surface area contributed by atoms with E-state index in [0.717, 1.165) is 27.9 Å². The summed E-state index contributed by atoms with van der Waals surface area (Å²) in [6.45, 7) is 6.37. The molecule has 108 valence electrons. The monoisotopic (exact) mass is 281 g/mol. The summed E-state index contributed by atoms with van der Waals surface area (Å²) in [5.74, 6) is 0. The topological polar surface area (TPSA) is 50.9 Å². The lowest BCUT2D eigenvalue weighted by Crippen LogP contribution is -2.02. The van der Waals surface area contributed by atoms with E-state index in [-0.39, 0.29) is 6.61 Å². The maximum Gasteiger partial charge on any atom is 0.0953 e. The fourth-order valence-electron chi connectivity index (χ4n) is 2.59. The van der Waals surface area contributed by atoms with E-state index in [2.05, 4.69) is 36.4 Å². The molecule has 0 bridgehead atoms. The van der Waals surface area contributed by atoms with Gasteiger partial charge in [0, 0.05) is 11.4 Å². The molecule has 0 saturated heterocycles. The Morgan fingerprint density at radius 2 is 2.05 bits per heavy atom. The Bertz CT molecular complexity index is 790. The van der Waals surface area contributed by atoms with E-state index in [9.17, 15) is 5.11 Å². The van der Waals surface area contributed by atoms with Gasteiger partial charge in [0.25, 0.3) is 0 Å². The van der Waals surface area contributed by atoms with E-state index in [0.29, 0.717) is 6.04 Å². The molecule has 4 heteroatoms. The molecule has 1 N–H and O–H groups in total. The number of aryl methyl sites for hydroxylation is 1. The molecule has 0 unspecified atom stereocenters. The highest BCUT2D eigenvalue weighted by atomic mass is 16.3. The molecule has 0 amide bonds. The maximum absolute atomic E-state index is 9.29. The van der Waals surface area contributed by atoms with Gasteiger partial charge in [0.05, 0.1) is 36.0 Å². The van der Waals surface area contributed by atoms with Crippen LogP contribution in [-0.4, -0.2) is 19.6 Å². The number of nitrogens with zero attached hydrogens (tertiary/aromatic N) is 3. The molecular weight excluding hydrogens is 262 g/mol. The van der Waals surface area contributed by atoms with Gasteiger partial charge in [0.1, 0.15) is 0 Å². The largest absolute Gasteiger partial charge is 0.392 e. The van der Waals surface area contributed by atoms with Gasteiger partial charge in [-0.05, 0) is 44.0 Å². The van der Waals surface area contributed by atoms with Gasteiger partial charge in [-0.2, -0.15) is 0 Å². The summed E-state index contributed by atoms with van der Waals surface area (Å²) in [4.78, 5) is 9.00. The van der Waals surface area contributed by atoms with Crippen LogP contribution in [0.4, 0.5) is 0 Å². The lowest BCUT2D eigenvalue weighted by Gasteiger charge is -2.13. The fraction of sp³-hybridized carbons (Fsp3) is 0.294. The summed E-state index contributed by atoms with van der Waals surface area (Å²) in [6, 6.07) is 8.34. The van der Waals surface area contributed by atoms with E-state index in [4.69, 9.17) is 4.98 Å². The minimum Gasteiger partial charge on any atom is -0.392 e. The highest BCUT2D eigenvalue weighted by Crippen LogP contribution is 2.26. The van der Waals surface area contributed by atoms with Gasteiger partial charge < -0.3 is 9.67 Å². The van der Waals surface area contributed by atoms with Crippen molar-refractivity contribution in [2.24, 2.45) is 0 Å². The Hall–Kier alpha value is -2.20. The summed E-state index contributed by atoms with van der Waals surface area (Å²) in [5.41, 5.74) is 4.90. The van der Waals surface area contributed by atoms with Crippen LogP contribution in [-0.2, 0) is 6.61 Å². The first-order valence-corrected chi connectivity index (χ1v) is 7.13. The van der Waals surface area contributed by atoms with Crippen molar-refractivity contribution in [2.75, 3.05) is 0 Å². The molecule has 21 heavy (non-hydrogen) atoms. The van der Waals surface area contributed by atoms with Gasteiger partial charge in [-0.1, -0.05) is 12.1 Å². The van der Waals surface area contributed by atoms with Crippen molar-refractivity contribution in [3.8, 4) is 11.4 Å². The first kappa shape index (κ1) is 13.8. The molecule has 3 rings (SSSR count). The molecular formula is C17H19N3O. The summed E-state index contributed by atoms with van der Waals surface area (Å²) in [5, 5.41) is 10.4. The highest BCUT2D eigenvalue weighted by Gasteiger charge is 2.11. The third-order valence-electron chi connectivity index (χ3n) is 3.75. The lowest BCUT2D eigenvalue weighted by atomic mass is 10.1. The van der Waals surface area contributed by atoms with Crippen molar-refractivity contribution in [3.05, 3.63) is 47.9 Å². The van der Waals surface area contributed by atoms with Crippen molar-refractivity contribution in [2.45, 2.75) is 33.4 Å². The van der Waals surface area contributed by atoms with Gasteiger partial charge in [-0.15, -0.1) is 0 Å². The molecule has 1 aromatic carbocycles. The van der Waals surface area contributed by atoms with Gasteiger partial charge in [-0.25, -0.2) is 9.97 Å². The molecule has 2 aromatic heterocycles. The molecule has 0 aliphatic carbocycles. The fourth-order valence-corrected chi connectivity index (χ4v) is 2.59. The molecule has 0 aliphatic heterocycles. The smallest absolute Gasteiger partial charge is 0.0953 e. The summed E-state index contributed by atoms with van der Waals surface area (Å²) in [7, 11) is 0. The minimum absolute atomic E-state index is 0.0326. The van der Waals surface area contributed by atoms with Crippen LogP contribution in [0.2, 0.25) is 0 Å². The lowest BCUT2D eigenvalue weighted by molar-refractivity contribution is 0.282. The summed E-state index contributed by atoms with van der Waals surface area (Å²) in [6.07, 6.45) is 3.69. The van der Waals surface area contributed by atoms with Crippen LogP contribution in [0, 0.1) is 6.92 Å². The van der Waals surface area contributed by atoms with Crippen LogP contribution in [0.15, 0.2) is 36.8 Å². The Kier molecular flexibility index (Phi) is 3.47. The first-order chi connectivity index (χ1) is 10.1. The zero-order valence-corrected chi connectivity index (χ0v) is 12.5. The third kappa shape index (κ3) is 2.43. The van der Waals surface area contributed by atoms with Crippen LogP contribution in [0.1, 0.15) is 31.0 Å². The Morgan fingerprint density at radius 1 is 1.24 bits per heavy atom. The normalized spacial score (nSPS) is 11.5. The van der Waals surface area contributed by atoms with Crippen LogP contribution in [0.25, 0.3) is 22.3 Å². The van der Waals surface area contributed by atoms with Crippen molar-refractivity contribution >= 4 is 10.9 Å². The number of aliphatic hydroxyl groups is 1. The van der Waals surface area contributed by atoms with Gasteiger partial charge in [0.2, 0.25) is 0 Å². The Morgan fingerprint density at radius 3 is 2.76 bits per heavy atom. The zero-order chi connectivity index (χ0) is 15.0. The molecule has 0 atom stereocenters. The number of imidazole rings is 1. The molecule has 0 radical (unpaired) electrons. The minimum atomic E-state index is 0.0326. The van der Waals surface area contributed by atoms with E-state index in [1.807, 2.05) is 30.7 Å². The number of benzene rings is 1. The Balaban J connectivity index is 2.21. The summed E-state index contributed by atoms with van der Waals surface area (Å²) < 4.78 is 2.11. The number of hydrogen-bond donors (Lipinski definition) is 1. The molecule has 2 heterocycles. The van der Waals surface area contributed by atoms with Gasteiger partial charge in [-0.3, -0.25) is 0 Å². The predicted molar refractivity (Wildman–Crippen MR) is 84.0 cm³/mol. The van der Waals surface area contributed by atoms with Gasteiger partial charge in [0.15, 0.2) is 0 Å². The van der Waals surface area contributed by atoms with E-state index < -0.39 is 0 Å². The van der Waals surface area contributed by atoms with Crippen LogP contribution in [0.3, 0.4) is 0 Å². The number of aromatic nitrogens is 3. The van der Waals surface area contributed by atoms with E-state index in [1.54, 1.807) is 0 Å². The van der Waals surface area contributed by atoms with Crippen LogP contribution in [0.5, 0.6) is 0 Å². The SMILES string of the molecule is Cc1cc(-c2cncn2C(C)C)nc2cc(CO)ccc12. The average molecular weight is 281 g/mol. The maximum atomic E-state index is 9.29. The standard InChI is InChI=1S/C17H19N3O/c1-11(2)20-10-18-8-17(20)16-6-12(3)14-5-4-13(9-21)7-15(14)19-16/h4-8,10-11,21H,9H2,1-3H3. The number of aliphatic hydroxyl groups excluding tert-OH is 1. The first-order valence-electron chi connectivity index (χ1n) is 7.13. The summed E-state index contributed by atoms with van der Waals surface area (Å²) >= 11 is 0. The average Bonchev–Trinajstić information content (AvgIpc) is 2.96. The number of fused-ring (bicyclic) bond motifs is 1. The second-order valence-corrected chi connectivity index (χ2v) is 5.61.